The van der Waals surface area contributed by atoms with Gasteiger partial charge in [0, 0.05) is 29.7 Å². The summed E-state index contributed by atoms with van der Waals surface area (Å²) in [6, 6.07) is 18.5. The van der Waals surface area contributed by atoms with Crippen molar-refractivity contribution in [2.24, 2.45) is 0 Å². The van der Waals surface area contributed by atoms with Crippen molar-refractivity contribution in [2.45, 2.75) is 32.0 Å². The van der Waals surface area contributed by atoms with Gasteiger partial charge >= 0.3 is 0 Å². The van der Waals surface area contributed by atoms with Crippen LogP contribution in [0.1, 0.15) is 23.8 Å². The number of thiophene rings is 1. The third-order valence-electron chi connectivity index (χ3n) is 5.35. The number of carbonyl (C=O) groups excluding carboxylic acids is 1. The number of amides is 1. The van der Waals surface area contributed by atoms with Crippen LogP contribution in [0.4, 0.5) is 0 Å². The molecule has 1 fully saturated rings. The number of aromatic nitrogens is 1. The van der Waals surface area contributed by atoms with Crippen molar-refractivity contribution in [3.8, 4) is 11.3 Å². The quantitative estimate of drug-likeness (QED) is 0.704. The lowest BCUT2D eigenvalue weighted by Gasteiger charge is -2.49. The first-order valence-electron chi connectivity index (χ1n) is 9.21. The third-order valence-corrected chi connectivity index (χ3v) is 6.22. The molecule has 1 unspecified atom stereocenters. The van der Waals surface area contributed by atoms with E-state index in [0.29, 0.717) is 6.54 Å². The Morgan fingerprint density at radius 2 is 2.04 bits per heavy atom. The van der Waals surface area contributed by atoms with E-state index in [2.05, 4.69) is 45.5 Å². The molecule has 3 heterocycles. The van der Waals surface area contributed by atoms with Gasteiger partial charge in [0.25, 0.3) is 0 Å². The predicted molar refractivity (Wildman–Crippen MR) is 109 cm³/mol. The summed E-state index contributed by atoms with van der Waals surface area (Å²) in [6.07, 6.45) is 2.71. The van der Waals surface area contributed by atoms with Crippen LogP contribution in [0.25, 0.3) is 11.3 Å². The lowest BCUT2D eigenvalue weighted by Crippen LogP contribution is -2.65. The molecule has 4 nitrogen and oxygen atoms in total. The number of pyridine rings is 1. The minimum absolute atomic E-state index is 0.118. The predicted octanol–water partition coefficient (Wildman–Crippen LogP) is 4.09. The third kappa shape index (κ3) is 3.80. The van der Waals surface area contributed by atoms with Gasteiger partial charge in [-0.1, -0.05) is 36.4 Å². The van der Waals surface area contributed by atoms with Crippen molar-refractivity contribution in [3.63, 3.8) is 0 Å². The highest BCUT2D eigenvalue weighted by molar-refractivity contribution is 7.09. The highest BCUT2D eigenvalue weighted by atomic mass is 32.1. The van der Waals surface area contributed by atoms with Crippen LogP contribution in [0.2, 0.25) is 0 Å². The Morgan fingerprint density at radius 3 is 2.67 bits per heavy atom. The van der Waals surface area contributed by atoms with Crippen molar-refractivity contribution in [2.75, 3.05) is 6.54 Å². The molecule has 1 N–H and O–H groups in total. The highest BCUT2D eigenvalue weighted by Gasteiger charge is 2.46. The fraction of sp³-hybridized carbons (Fsp3) is 0.273. The van der Waals surface area contributed by atoms with Crippen LogP contribution in [0.15, 0.2) is 66.2 Å². The highest BCUT2D eigenvalue weighted by Crippen LogP contribution is 2.32. The van der Waals surface area contributed by atoms with Crippen LogP contribution < -0.4 is 5.32 Å². The minimum atomic E-state index is -0.420. The number of hydrogen-bond donors (Lipinski definition) is 1. The standard InChI is InChI=1S/C22H23N3OS/c1-22(21(26)24-15-19-5-4-14-27-19)11-13-25(22)16-17-7-9-18(10-8-17)20-6-2-3-12-23-20/h2-10,12,14H,11,13,15-16H2,1H3,(H,24,26). The van der Waals surface area contributed by atoms with E-state index >= 15 is 0 Å². The second kappa shape index (κ2) is 7.62. The smallest absolute Gasteiger partial charge is 0.240 e. The maximum atomic E-state index is 12.7. The van der Waals surface area contributed by atoms with Crippen molar-refractivity contribution >= 4 is 17.2 Å². The molecular formula is C22H23N3OS. The second-order valence-corrected chi connectivity index (χ2v) is 8.15. The van der Waals surface area contributed by atoms with Crippen LogP contribution in [0.5, 0.6) is 0 Å². The number of rotatable bonds is 6. The molecule has 0 saturated carbocycles. The maximum absolute atomic E-state index is 12.7. The fourth-order valence-electron chi connectivity index (χ4n) is 3.42. The van der Waals surface area contributed by atoms with Gasteiger partial charge in [0.05, 0.1) is 17.8 Å². The van der Waals surface area contributed by atoms with Crippen molar-refractivity contribution < 1.29 is 4.79 Å². The average Bonchev–Trinajstić information content (AvgIpc) is 3.23. The summed E-state index contributed by atoms with van der Waals surface area (Å²) in [5.41, 5.74) is 2.88. The summed E-state index contributed by atoms with van der Waals surface area (Å²) < 4.78 is 0. The van der Waals surface area contributed by atoms with Crippen LogP contribution >= 0.6 is 11.3 Å². The number of carbonyl (C=O) groups is 1. The zero-order valence-corrected chi connectivity index (χ0v) is 16.2. The van der Waals surface area contributed by atoms with Crippen LogP contribution in [0, 0.1) is 0 Å². The molecule has 3 aromatic rings. The molecule has 0 radical (unpaired) electrons. The van der Waals surface area contributed by atoms with E-state index in [0.717, 1.165) is 30.8 Å². The molecule has 2 aromatic heterocycles. The van der Waals surface area contributed by atoms with Gasteiger partial charge in [-0.05, 0) is 42.5 Å². The zero-order valence-electron chi connectivity index (χ0n) is 15.4. The average molecular weight is 378 g/mol. The molecule has 1 saturated heterocycles. The maximum Gasteiger partial charge on any atom is 0.240 e. The van der Waals surface area contributed by atoms with Crippen molar-refractivity contribution in [1.29, 1.82) is 0 Å². The fourth-order valence-corrected chi connectivity index (χ4v) is 4.07. The molecule has 4 rings (SSSR count). The molecular weight excluding hydrogens is 354 g/mol. The van der Waals surface area contributed by atoms with E-state index in [-0.39, 0.29) is 5.91 Å². The number of hydrogen-bond acceptors (Lipinski definition) is 4. The summed E-state index contributed by atoms with van der Waals surface area (Å²) in [4.78, 5) is 20.6. The molecule has 1 atom stereocenters. The minimum Gasteiger partial charge on any atom is -0.350 e. The summed E-state index contributed by atoms with van der Waals surface area (Å²) in [5.74, 6) is 0.118. The molecule has 138 valence electrons. The number of likely N-dealkylation sites (tertiary alicyclic amines) is 1. The van der Waals surface area contributed by atoms with E-state index in [1.165, 1.54) is 10.4 Å². The van der Waals surface area contributed by atoms with Gasteiger partial charge in [0.15, 0.2) is 0 Å². The summed E-state index contributed by atoms with van der Waals surface area (Å²) >= 11 is 1.67. The van der Waals surface area contributed by atoms with Gasteiger partial charge in [-0.2, -0.15) is 0 Å². The van der Waals surface area contributed by atoms with Crippen LogP contribution in [0.3, 0.4) is 0 Å². The van der Waals surface area contributed by atoms with Gasteiger partial charge in [0.2, 0.25) is 5.91 Å². The summed E-state index contributed by atoms with van der Waals surface area (Å²) in [6.45, 7) is 4.39. The first-order valence-corrected chi connectivity index (χ1v) is 10.1. The monoisotopic (exact) mass is 377 g/mol. The van der Waals surface area contributed by atoms with Gasteiger partial charge in [-0.15, -0.1) is 11.3 Å². The second-order valence-electron chi connectivity index (χ2n) is 7.12. The Hall–Kier alpha value is -2.50. The van der Waals surface area contributed by atoms with E-state index in [1.807, 2.05) is 42.8 Å². The Bertz CT molecular complexity index is 893. The number of benzene rings is 1. The molecule has 0 aliphatic carbocycles. The van der Waals surface area contributed by atoms with E-state index in [9.17, 15) is 4.79 Å². The Balaban J connectivity index is 1.38. The van der Waals surface area contributed by atoms with Gasteiger partial charge < -0.3 is 5.32 Å². The topological polar surface area (TPSA) is 45.2 Å². The molecule has 1 aliphatic rings. The lowest BCUT2D eigenvalue weighted by molar-refractivity contribution is -0.142. The Morgan fingerprint density at radius 1 is 1.19 bits per heavy atom. The summed E-state index contributed by atoms with van der Waals surface area (Å²) in [5, 5.41) is 5.13. The number of nitrogens with one attached hydrogen (secondary N) is 1. The molecule has 1 aromatic carbocycles. The molecule has 5 heteroatoms. The normalized spacial score (nSPS) is 19.4. The zero-order chi connectivity index (χ0) is 18.7. The molecule has 0 bridgehead atoms. The van der Waals surface area contributed by atoms with E-state index in [4.69, 9.17) is 0 Å². The Kier molecular flexibility index (Phi) is 5.05. The van der Waals surface area contributed by atoms with Crippen molar-refractivity contribution in [1.82, 2.24) is 15.2 Å². The van der Waals surface area contributed by atoms with Gasteiger partial charge in [0.1, 0.15) is 0 Å². The Labute approximate surface area is 163 Å². The molecule has 1 amide bonds. The summed E-state index contributed by atoms with van der Waals surface area (Å²) in [7, 11) is 0. The van der Waals surface area contributed by atoms with E-state index in [1.54, 1.807) is 11.3 Å². The van der Waals surface area contributed by atoms with Crippen LogP contribution in [-0.4, -0.2) is 27.9 Å². The largest absolute Gasteiger partial charge is 0.350 e. The molecule has 0 spiro atoms. The van der Waals surface area contributed by atoms with Crippen LogP contribution in [-0.2, 0) is 17.9 Å². The van der Waals surface area contributed by atoms with Crippen molar-refractivity contribution in [3.05, 3.63) is 76.6 Å². The SMILES string of the molecule is CC1(C(=O)NCc2cccs2)CCN1Cc1ccc(-c2ccccn2)cc1. The molecule has 27 heavy (non-hydrogen) atoms. The van der Waals surface area contributed by atoms with Gasteiger partial charge in [-0.25, -0.2) is 0 Å². The lowest BCUT2D eigenvalue weighted by atomic mass is 9.85. The molecule has 1 aliphatic heterocycles. The first kappa shape index (κ1) is 17.9. The number of nitrogens with zero attached hydrogens (tertiary/aromatic N) is 2. The van der Waals surface area contributed by atoms with E-state index < -0.39 is 5.54 Å². The first-order chi connectivity index (χ1) is 13.1. The van der Waals surface area contributed by atoms with Gasteiger partial charge in [-0.3, -0.25) is 14.7 Å².